The minimum Gasteiger partial charge on any atom is -0.352 e. The normalized spacial score (nSPS) is 21.8. The van der Waals surface area contributed by atoms with Crippen LogP contribution in [0.1, 0.15) is 37.2 Å². The minimum atomic E-state index is -0.0259. The molecule has 130 valence electrons. The maximum Gasteiger partial charge on any atom is 0.274 e. The molecule has 2 fully saturated rings. The lowest BCUT2D eigenvalue weighted by Gasteiger charge is -2.34. The van der Waals surface area contributed by atoms with Gasteiger partial charge in [0.1, 0.15) is 0 Å². The van der Waals surface area contributed by atoms with Crippen LogP contribution in [-0.2, 0) is 4.79 Å². The van der Waals surface area contributed by atoms with E-state index >= 15 is 0 Å². The number of piperidine rings is 1. The number of likely N-dealkylation sites (tertiary alicyclic amines) is 1. The van der Waals surface area contributed by atoms with Crippen LogP contribution in [0.25, 0.3) is 0 Å². The third-order valence-electron chi connectivity index (χ3n) is 4.86. The molecular weight excluding hydrogens is 306 g/mol. The molecule has 0 aliphatic carbocycles. The van der Waals surface area contributed by atoms with Gasteiger partial charge in [-0.3, -0.25) is 9.59 Å². The zero-order chi connectivity index (χ0) is 17.1. The maximum atomic E-state index is 12.5. The highest BCUT2D eigenvalue weighted by atomic mass is 16.2. The number of carbonyl (C=O) groups excluding carboxylic acids is 2. The highest BCUT2D eigenvalue weighted by molar-refractivity contribution is 5.92. The Balaban J connectivity index is 1.61. The fraction of sp³-hybridized carbons (Fsp3) is 0.647. The van der Waals surface area contributed by atoms with Gasteiger partial charge in [-0.25, -0.2) is 0 Å². The largest absolute Gasteiger partial charge is 0.352 e. The summed E-state index contributed by atoms with van der Waals surface area (Å²) in [6, 6.07) is 3.62. The molecule has 7 heteroatoms. The van der Waals surface area contributed by atoms with Gasteiger partial charge in [0.2, 0.25) is 5.91 Å². The number of amides is 2. The van der Waals surface area contributed by atoms with Gasteiger partial charge in [0, 0.05) is 46.2 Å². The van der Waals surface area contributed by atoms with Gasteiger partial charge in [0.05, 0.1) is 0 Å². The van der Waals surface area contributed by atoms with Gasteiger partial charge >= 0.3 is 0 Å². The lowest BCUT2D eigenvalue weighted by atomic mass is 10.00. The van der Waals surface area contributed by atoms with E-state index in [1.165, 1.54) is 6.42 Å². The highest BCUT2D eigenvalue weighted by Gasteiger charge is 2.24. The summed E-state index contributed by atoms with van der Waals surface area (Å²) in [5, 5.41) is 8.38. The van der Waals surface area contributed by atoms with Crippen LogP contribution in [0.2, 0.25) is 0 Å². The number of hydrogen-bond acceptors (Lipinski definition) is 5. The Bertz CT molecular complexity index is 596. The summed E-state index contributed by atoms with van der Waals surface area (Å²) in [5.74, 6) is 1.40. The topological polar surface area (TPSA) is 69.6 Å². The summed E-state index contributed by atoms with van der Waals surface area (Å²) in [5.41, 5.74) is 0.412. The average Bonchev–Trinajstić information content (AvgIpc) is 2.61. The molecule has 2 aliphatic heterocycles. The first-order valence-electron chi connectivity index (χ1n) is 8.68. The van der Waals surface area contributed by atoms with Gasteiger partial charge in [-0.2, -0.15) is 0 Å². The molecule has 0 saturated carbocycles. The second kappa shape index (κ2) is 7.15. The van der Waals surface area contributed by atoms with Crippen LogP contribution in [0, 0.1) is 5.92 Å². The molecule has 3 heterocycles. The fourth-order valence-corrected chi connectivity index (χ4v) is 3.39. The number of hydrogen-bond donors (Lipinski definition) is 0. The van der Waals surface area contributed by atoms with Gasteiger partial charge in [-0.05, 0) is 30.9 Å². The average molecular weight is 331 g/mol. The van der Waals surface area contributed by atoms with E-state index in [4.69, 9.17) is 0 Å². The lowest BCUT2D eigenvalue weighted by molar-refractivity contribution is -0.129. The Morgan fingerprint density at radius 3 is 2.38 bits per heavy atom. The SMILES string of the molecule is CC(=O)N1CCN(c2ccc(C(=O)N3CCCC(C)C3)nn2)CC1. The number of rotatable bonds is 2. The first-order valence-corrected chi connectivity index (χ1v) is 8.68. The van der Waals surface area contributed by atoms with Crippen LogP contribution >= 0.6 is 0 Å². The van der Waals surface area contributed by atoms with Crippen LogP contribution in [0.3, 0.4) is 0 Å². The van der Waals surface area contributed by atoms with E-state index in [0.29, 0.717) is 24.7 Å². The quantitative estimate of drug-likeness (QED) is 0.809. The molecule has 0 radical (unpaired) electrons. The summed E-state index contributed by atoms with van der Waals surface area (Å²) >= 11 is 0. The van der Waals surface area contributed by atoms with Crippen molar-refractivity contribution in [3.05, 3.63) is 17.8 Å². The van der Waals surface area contributed by atoms with Crippen LogP contribution in [0.15, 0.2) is 12.1 Å². The van der Waals surface area contributed by atoms with Crippen LogP contribution < -0.4 is 4.90 Å². The molecule has 1 unspecified atom stereocenters. The molecule has 1 aromatic rings. The maximum absolute atomic E-state index is 12.5. The summed E-state index contributed by atoms with van der Waals surface area (Å²) in [4.78, 5) is 29.7. The number of nitrogens with zero attached hydrogens (tertiary/aromatic N) is 5. The van der Waals surface area contributed by atoms with E-state index < -0.39 is 0 Å². The predicted octanol–water partition coefficient (Wildman–Crippen LogP) is 1.02. The Labute approximate surface area is 142 Å². The smallest absolute Gasteiger partial charge is 0.274 e. The van der Waals surface area contributed by atoms with Gasteiger partial charge in [0.15, 0.2) is 11.5 Å². The number of carbonyl (C=O) groups is 2. The monoisotopic (exact) mass is 331 g/mol. The van der Waals surface area contributed by atoms with Gasteiger partial charge < -0.3 is 14.7 Å². The molecule has 2 saturated heterocycles. The summed E-state index contributed by atoms with van der Waals surface area (Å²) < 4.78 is 0. The number of piperazine rings is 1. The fourth-order valence-electron chi connectivity index (χ4n) is 3.39. The first kappa shape index (κ1) is 16.7. The van der Waals surface area contributed by atoms with Gasteiger partial charge in [-0.15, -0.1) is 10.2 Å². The predicted molar refractivity (Wildman–Crippen MR) is 90.8 cm³/mol. The first-order chi connectivity index (χ1) is 11.5. The van der Waals surface area contributed by atoms with E-state index in [9.17, 15) is 9.59 Å². The zero-order valence-electron chi connectivity index (χ0n) is 14.4. The molecule has 2 amide bonds. The van der Waals surface area contributed by atoms with Crippen molar-refractivity contribution in [1.29, 1.82) is 0 Å². The summed E-state index contributed by atoms with van der Waals surface area (Å²) in [7, 11) is 0. The molecule has 1 atom stereocenters. The van der Waals surface area contributed by atoms with Gasteiger partial charge in [0.25, 0.3) is 5.91 Å². The second-order valence-electron chi connectivity index (χ2n) is 6.77. The standard InChI is InChI=1S/C17H25N5O2/c1-13-4-3-7-22(12-13)17(24)15-5-6-16(19-18-15)21-10-8-20(9-11-21)14(2)23/h5-6,13H,3-4,7-12H2,1-2H3. The van der Waals surface area contributed by atoms with Crippen molar-refractivity contribution >= 4 is 17.6 Å². The third kappa shape index (κ3) is 3.66. The molecular formula is C17H25N5O2. The van der Waals surface area contributed by atoms with Gasteiger partial charge in [-0.1, -0.05) is 6.92 Å². The molecule has 0 bridgehead atoms. The van der Waals surface area contributed by atoms with E-state index in [1.807, 2.05) is 15.9 Å². The zero-order valence-corrected chi connectivity index (χ0v) is 14.4. The minimum absolute atomic E-state index is 0.0259. The molecule has 3 rings (SSSR count). The third-order valence-corrected chi connectivity index (χ3v) is 4.86. The van der Waals surface area contributed by atoms with Crippen LogP contribution in [0.4, 0.5) is 5.82 Å². The van der Waals surface area contributed by atoms with E-state index in [-0.39, 0.29) is 11.8 Å². The molecule has 0 N–H and O–H groups in total. The Hall–Kier alpha value is -2.18. The van der Waals surface area contributed by atoms with Crippen molar-refractivity contribution in [3.8, 4) is 0 Å². The number of aromatic nitrogens is 2. The molecule has 2 aliphatic rings. The molecule has 0 spiro atoms. The second-order valence-corrected chi connectivity index (χ2v) is 6.77. The highest BCUT2D eigenvalue weighted by Crippen LogP contribution is 2.18. The van der Waals surface area contributed by atoms with Crippen LogP contribution in [0.5, 0.6) is 0 Å². The molecule has 24 heavy (non-hydrogen) atoms. The number of anilines is 1. The van der Waals surface area contributed by atoms with Crippen LogP contribution in [-0.4, -0.2) is 71.1 Å². The Morgan fingerprint density at radius 1 is 1.04 bits per heavy atom. The van der Waals surface area contributed by atoms with Crippen molar-refractivity contribution in [2.24, 2.45) is 5.92 Å². The summed E-state index contributed by atoms with van der Waals surface area (Å²) in [6.07, 6.45) is 2.24. The van der Waals surface area contributed by atoms with Crippen molar-refractivity contribution in [2.75, 3.05) is 44.2 Å². The Kier molecular flexibility index (Phi) is 4.97. The molecule has 1 aromatic heterocycles. The van der Waals surface area contributed by atoms with Crippen molar-refractivity contribution < 1.29 is 9.59 Å². The molecule has 0 aromatic carbocycles. The van der Waals surface area contributed by atoms with E-state index in [1.54, 1.807) is 13.0 Å². The van der Waals surface area contributed by atoms with Crippen molar-refractivity contribution in [2.45, 2.75) is 26.7 Å². The van der Waals surface area contributed by atoms with Crippen molar-refractivity contribution in [1.82, 2.24) is 20.0 Å². The lowest BCUT2D eigenvalue weighted by Crippen LogP contribution is -2.48. The van der Waals surface area contributed by atoms with E-state index in [2.05, 4.69) is 22.0 Å². The van der Waals surface area contributed by atoms with E-state index in [0.717, 1.165) is 38.4 Å². The Morgan fingerprint density at radius 2 is 1.79 bits per heavy atom. The summed E-state index contributed by atoms with van der Waals surface area (Å²) in [6.45, 7) is 8.25. The van der Waals surface area contributed by atoms with Crippen molar-refractivity contribution in [3.63, 3.8) is 0 Å². The molecule has 7 nitrogen and oxygen atoms in total.